The summed E-state index contributed by atoms with van der Waals surface area (Å²) in [6, 6.07) is 16.3. The Balaban J connectivity index is 2.24. The van der Waals surface area contributed by atoms with Crippen LogP contribution in [0.2, 0.25) is 5.02 Å². The van der Waals surface area contributed by atoms with Gasteiger partial charge in [-0.1, -0.05) is 41.9 Å². The first-order valence-electron chi connectivity index (χ1n) is 6.34. The molecule has 104 valence electrons. The third-order valence-electron chi connectivity index (χ3n) is 2.85. The number of aryl methyl sites for hydroxylation is 1. The van der Waals surface area contributed by atoms with Gasteiger partial charge in [0.25, 0.3) is 5.91 Å². The van der Waals surface area contributed by atoms with Crippen molar-refractivity contribution >= 4 is 29.3 Å². The second-order valence-electron chi connectivity index (χ2n) is 4.51. The van der Waals surface area contributed by atoms with E-state index in [1.807, 2.05) is 31.2 Å². The van der Waals surface area contributed by atoms with Crippen LogP contribution < -0.4 is 5.32 Å². The Morgan fingerprint density at radius 1 is 1.24 bits per heavy atom. The van der Waals surface area contributed by atoms with Crippen LogP contribution in [0.15, 0.2) is 54.1 Å². The normalized spacial score (nSPS) is 10.8. The van der Waals surface area contributed by atoms with Gasteiger partial charge in [0.1, 0.15) is 11.6 Å². The van der Waals surface area contributed by atoms with Gasteiger partial charge in [0.05, 0.1) is 0 Å². The van der Waals surface area contributed by atoms with Crippen molar-refractivity contribution in [1.29, 1.82) is 5.26 Å². The van der Waals surface area contributed by atoms with E-state index in [0.29, 0.717) is 16.3 Å². The summed E-state index contributed by atoms with van der Waals surface area (Å²) in [4.78, 5) is 12.1. The Morgan fingerprint density at radius 2 is 2.00 bits per heavy atom. The number of hydrogen-bond acceptors (Lipinski definition) is 2. The van der Waals surface area contributed by atoms with Gasteiger partial charge < -0.3 is 5.32 Å². The van der Waals surface area contributed by atoms with Gasteiger partial charge in [-0.25, -0.2) is 0 Å². The SMILES string of the molecule is Cc1cccc(NC(=O)/C(C#N)=C\c2ccccc2Cl)c1. The molecule has 1 N–H and O–H groups in total. The number of amides is 1. The molecule has 0 saturated carbocycles. The molecule has 21 heavy (non-hydrogen) atoms. The van der Waals surface area contributed by atoms with E-state index in [1.54, 1.807) is 30.3 Å². The van der Waals surface area contributed by atoms with Crippen LogP contribution in [0.1, 0.15) is 11.1 Å². The second-order valence-corrected chi connectivity index (χ2v) is 4.92. The molecule has 1 amide bonds. The molecule has 0 fully saturated rings. The molecule has 0 heterocycles. The number of carbonyl (C=O) groups excluding carboxylic acids is 1. The number of nitrogens with one attached hydrogen (secondary N) is 1. The minimum Gasteiger partial charge on any atom is -0.321 e. The summed E-state index contributed by atoms with van der Waals surface area (Å²) in [5.41, 5.74) is 2.32. The maximum atomic E-state index is 12.1. The third kappa shape index (κ3) is 3.95. The molecule has 2 aromatic carbocycles. The number of halogens is 1. The topological polar surface area (TPSA) is 52.9 Å². The number of rotatable bonds is 3. The highest BCUT2D eigenvalue weighted by atomic mass is 35.5. The van der Waals surface area contributed by atoms with E-state index in [0.717, 1.165) is 5.56 Å². The van der Waals surface area contributed by atoms with Crippen molar-refractivity contribution in [3.05, 3.63) is 70.3 Å². The molecule has 0 atom stereocenters. The Hall–Kier alpha value is -2.57. The molecule has 3 nitrogen and oxygen atoms in total. The fourth-order valence-corrected chi connectivity index (χ4v) is 2.01. The predicted molar refractivity (Wildman–Crippen MR) is 84.9 cm³/mol. The highest BCUT2D eigenvalue weighted by Crippen LogP contribution is 2.19. The molecule has 0 aliphatic rings. The summed E-state index contributed by atoms with van der Waals surface area (Å²) in [7, 11) is 0. The molecule has 4 heteroatoms. The molecule has 2 rings (SSSR count). The molecule has 0 aromatic heterocycles. The van der Waals surface area contributed by atoms with E-state index in [2.05, 4.69) is 5.32 Å². The average Bonchev–Trinajstić information content (AvgIpc) is 2.46. The quantitative estimate of drug-likeness (QED) is 0.682. The molecule has 2 aromatic rings. The first-order valence-corrected chi connectivity index (χ1v) is 6.72. The van der Waals surface area contributed by atoms with Crippen molar-refractivity contribution in [2.45, 2.75) is 6.92 Å². The summed E-state index contributed by atoms with van der Waals surface area (Å²) in [6.07, 6.45) is 1.48. The number of hydrogen-bond donors (Lipinski definition) is 1. The van der Waals surface area contributed by atoms with E-state index < -0.39 is 5.91 Å². The van der Waals surface area contributed by atoms with Crippen LogP contribution in [0.5, 0.6) is 0 Å². The Bertz CT molecular complexity index is 744. The summed E-state index contributed by atoms with van der Waals surface area (Å²) >= 11 is 6.03. The Kier molecular flexibility index (Phi) is 4.76. The van der Waals surface area contributed by atoms with Gasteiger partial charge in [0.2, 0.25) is 0 Å². The molecule has 0 spiro atoms. The number of nitrogens with zero attached hydrogens (tertiary/aromatic N) is 1. The highest BCUT2D eigenvalue weighted by molar-refractivity contribution is 6.32. The Morgan fingerprint density at radius 3 is 2.67 bits per heavy atom. The standard InChI is InChI=1S/C17H13ClN2O/c1-12-5-4-7-15(9-12)20-17(21)14(11-19)10-13-6-2-3-8-16(13)18/h2-10H,1H3,(H,20,21)/b14-10-. The summed E-state index contributed by atoms with van der Waals surface area (Å²) in [5, 5.41) is 12.4. The highest BCUT2D eigenvalue weighted by Gasteiger charge is 2.10. The number of nitriles is 1. The fourth-order valence-electron chi connectivity index (χ4n) is 1.82. The van der Waals surface area contributed by atoms with E-state index in [-0.39, 0.29) is 5.57 Å². The van der Waals surface area contributed by atoms with Gasteiger partial charge in [-0.3, -0.25) is 4.79 Å². The maximum Gasteiger partial charge on any atom is 0.266 e. The van der Waals surface area contributed by atoms with Gasteiger partial charge in [-0.05, 0) is 42.3 Å². The lowest BCUT2D eigenvalue weighted by Gasteiger charge is -2.05. The molecule has 0 saturated heterocycles. The van der Waals surface area contributed by atoms with Crippen molar-refractivity contribution in [1.82, 2.24) is 0 Å². The first-order chi connectivity index (χ1) is 10.1. The largest absolute Gasteiger partial charge is 0.321 e. The van der Waals surface area contributed by atoms with Gasteiger partial charge >= 0.3 is 0 Å². The van der Waals surface area contributed by atoms with Crippen LogP contribution in [0, 0.1) is 18.3 Å². The zero-order valence-electron chi connectivity index (χ0n) is 11.4. The van der Waals surface area contributed by atoms with Crippen LogP contribution >= 0.6 is 11.6 Å². The van der Waals surface area contributed by atoms with Crippen molar-refractivity contribution < 1.29 is 4.79 Å². The number of carbonyl (C=O) groups is 1. The molecular weight excluding hydrogens is 284 g/mol. The van der Waals surface area contributed by atoms with Gasteiger partial charge in [0, 0.05) is 10.7 Å². The van der Waals surface area contributed by atoms with E-state index in [9.17, 15) is 4.79 Å². The van der Waals surface area contributed by atoms with Crippen LogP contribution in [0.4, 0.5) is 5.69 Å². The average molecular weight is 297 g/mol. The molecular formula is C17H13ClN2O. The van der Waals surface area contributed by atoms with Gasteiger partial charge in [-0.15, -0.1) is 0 Å². The van der Waals surface area contributed by atoms with Crippen molar-refractivity contribution in [3.8, 4) is 6.07 Å². The van der Waals surface area contributed by atoms with Crippen LogP contribution in [0.3, 0.4) is 0 Å². The molecule has 0 aliphatic heterocycles. The lowest BCUT2D eigenvalue weighted by molar-refractivity contribution is -0.112. The summed E-state index contributed by atoms with van der Waals surface area (Å²) in [6.45, 7) is 1.93. The zero-order valence-corrected chi connectivity index (χ0v) is 12.2. The molecule has 0 radical (unpaired) electrons. The lowest BCUT2D eigenvalue weighted by atomic mass is 10.1. The Labute approximate surface area is 128 Å². The lowest BCUT2D eigenvalue weighted by Crippen LogP contribution is -2.13. The zero-order chi connectivity index (χ0) is 15.2. The third-order valence-corrected chi connectivity index (χ3v) is 3.19. The van der Waals surface area contributed by atoms with Crippen LogP contribution in [-0.2, 0) is 4.79 Å². The molecule has 0 bridgehead atoms. The second kappa shape index (κ2) is 6.74. The van der Waals surface area contributed by atoms with E-state index >= 15 is 0 Å². The van der Waals surface area contributed by atoms with Gasteiger partial charge in [0.15, 0.2) is 0 Å². The van der Waals surface area contributed by atoms with Crippen molar-refractivity contribution in [2.75, 3.05) is 5.32 Å². The first kappa shape index (κ1) is 14.8. The monoisotopic (exact) mass is 296 g/mol. The summed E-state index contributed by atoms with van der Waals surface area (Å²) in [5.74, 6) is -0.456. The number of anilines is 1. The summed E-state index contributed by atoms with van der Waals surface area (Å²) < 4.78 is 0. The van der Waals surface area contributed by atoms with E-state index in [1.165, 1.54) is 6.08 Å². The predicted octanol–water partition coefficient (Wildman–Crippen LogP) is 4.19. The minimum absolute atomic E-state index is 0.00426. The number of benzene rings is 2. The van der Waals surface area contributed by atoms with Crippen LogP contribution in [-0.4, -0.2) is 5.91 Å². The van der Waals surface area contributed by atoms with Crippen LogP contribution in [0.25, 0.3) is 6.08 Å². The van der Waals surface area contributed by atoms with Crippen molar-refractivity contribution in [3.63, 3.8) is 0 Å². The van der Waals surface area contributed by atoms with E-state index in [4.69, 9.17) is 16.9 Å². The minimum atomic E-state index is -0.456. The molecule has 0 aliphatic carbocycles. The smallest absolute Gasteiger partial charge is 0.266 e. The maximum absolute atomic E-state index is 12.1. The molecule has 0 unspecified atom stereocenters. The fraction of sp³-hybridized carbons (Fsp3) is 0.0588. The van der Waals surface area contributed by atoms with Gasteiger partial charge in [-0.2, -0.15) is 5.26 Å². The van der Waals surface area contributed by atoms with Crippen molar-refractivity contribution in [2.24, 2.45) is 0 Å².